The number of hydrogen-bond acceptors (Lipinski definition) is 6. The SMILES string of the molecule is CCOc1cc(/C=N\NC(=O)C(=O)NCc2ccc(C(C)C)cc2)cc(Br)c1OCC(=O)Nc1ccc(Br)c(C)c1. The molecule has 3 aromatic rings. The lowest BCUT2D eigenvalue weighted by atomic mass is 10.0. The van der Waals surface area contributed by atoms with Gasteiger partial charge in [-0.1, -0.05) is 54.0 Å². The van der Waals surface area contributed by atoms with Crippen molar-refractivity contribution in [2.45, 2.75) is 40.2 Å². The number of nitrogens with zero attached hydrogens (tertiary/aromatic N) is 1. The number of hydrogen-bond donors (Lipinski definition) is 3. The van der Waals surface area contributed by atoms with Crippen LogP contribution in [0.5, 0.6) is 11.5 Å². The minimum atomic E-state index is -0.893. The van der Waals surface area contributed by atoms with E-state index in [0.717, 1.165) is 15.6 Å². The van der Waals surface area contributed by atoms with Gasteiger partial charge in [-0.25, -0.2) is 5.43 Å². The first kappa shape index (κ1) is 31.8. The fourth-order valence-electron chi connectivity index (χ4n) is 3.62. The van der Waals surface area contributed by atoms with Crippen LogP contribution in [0, 0.1) is 6.92 Å². The molecule has 41 heavy (non-hydrogen) atoms. The number of halogens is 2. The third kappa shape index (κ3) is 9.72. The van der Waals surface area contributed by atoms with E-state index in [9.17, 15) is 14.4 Å². The van der Waals surface area contributed by atoms with Gasteiger partial charge in [-0.3, -0.25) is 14.4 Å². The molecule has 0 fully saturated rings. The summed E-state index contributed by atoms with van der Waals surface area (Å²) in [6.07, 6.45) is 1.37. The molecule has 0 radical (unpaired) electrons. The average Bonchev–Trinajstić information content (AvgIpc) is 2.93. The van der Waals surface area contributed by atoms with Gasteiger partial charge < -0.3 is 20.1 Å². The first-order valence-electron chi connectivity index (χ1n) is 12.9. The highest BCUT2D eigenvalue weighted by atomic mass is 79.9. The Bertz CT molecular complexity index is 1430. The van der Waals surface area contributed by atoms with Gasteiger partial charge in [0.25, 0.3) is 5.91 Å². The Morgan fingerprint density at radius 1 is 0.951 bits per heavy atom. The molecule has 0 aliphatic rings. The van der Waals surface area contributed by atoms with Gasteiger partial charge in [0.2, 0.25) is 0 Å². The Kier molecular flexibility index (Phi) is 11.9. The third-order valence-electron chi connectivity index (χ3n) is 5.81. The Labute approximate surface area is 256 Å². The lowest BCUT2D eigenvalue weighted by molar-refractivity contribution is -0.139. The molecule has 0 bridgehead atoms. The van der Waals surface area contributed by atoms with Crippen molar-refractivity contribution in [2.75, 3.05) is 18.5 Å². The molecule has 0 aliphatic carbocycles. The molecule has 0 unspecified atom stereocenters. The van der Waals surface area contributed by atoms with Crippen molar-refractivity contribution in [3.63, 3.8) is 0 Å². The molecule has 3 aromatic carbocycles. The number of carbonyl (C=O) groups excluding carboxylic acids is 3. The monoisotopic (exact) mass is 686 g/mol. The normalized spacial score (nSPS) is 10.9. The smallest absolute Gasteiger partial charge is 0.329 e. The summed E-state index contributed by atoms with van der Waals surface area (Å²) >= 11 is 6.88. The maximum absolute atomic E-state index is 12.5. The minimum absolute atomic E-state index is 0.223. The number of hydrazone groups is 1. The zero-order valence-electron chi connectivity index (χ0n) is 23.2. The van der Waals surface area contributed by atoms with E-state index >= 15 is 0 Å². The first-order valence-corrected chi connectivity index (χ1v) is 14.5. The number of rotatable bonds is 11. The summed E-state index contributed by atoms with van der Waals surface area (Å²) in [6, 6.07) is 16.7. The zero-order chi connectivity index (χ0) is 29.9. The molecule has 11 heteroatoms. The highest BCUT2D eigenvalue weighted by Gasteiger charge is 2.15. The van der Waals surface area contributed by atoms with Crippen molar-refractivity contribution in [3.05, 3.63) is 85.8 Å². The van der Waals surface area contributed by atoms with Crippen LogP contribution in [0.3, 0.4) is 0 Å². The number of carbonyl (C=O) groups is 3. The van der Waals surface area contributed by atoms with Crippen molar-refractivity contribution in [1.82, 2.24) is 10.7 Å². The van der Waals surface area contributed by atoms with E-state index in [1.807, 2.05) is 50.2 Å². The summed E-state index contributed by atoms with van der Waals surface area (Å²) in [6.45, 7) is 8.29. The highest BCUT2D eigenvalue weighted by molar-refractivity contribution is 9.10. The molecule has 0 saturated heterocycles. The van der Waals surface area contributed by atoms with E-state index in [0.29, 0.717) is 39.7 Å². The van der Waals surface area contributed by atoms with Crippen molar-refractivity contribution in [1.29, 1.82) is 0 Å². The van der Waals surface area contributed by atoms with E-state index in [-0.39, 0.29) is 19.1 Å². The molecule has 3 rings (SSSR count). The number of ether oxygens (including phenoxy) is 2. The third-order valence-corrected chi connectivity index (χ3v) is 7.29. The molecule has 3 N–H and O–H groups in total. The fourth-order valence-corrected chi connectivity index (χ4v) is 4.44. The Hall–Kier alpha value is -3.70. The summed E-state index contributed by atoms with van der Waals surface area (Å²) < 4.78 is 12.9. The van der Waals surface area contributed by atoms with Crippen molar-refractivity contribution in [3.8, 4) is 11.5 Å². The molecule has 216 valence electrons. The van der Waals surface area contributed by atoms with E-state index in [2.05, 4.69) is 66.9 Å². The lowest BCUT2D eigenvalue weighted by Crippen LogP contribution is -2.37. The van der Waals surface area contributed by atoms with Crippen molar-refractivity contribution >= 4 is 61.5 Å². The van der Waals surface area contributed by atoms with Gasteiger partial charge in [-0.15, -0.1) is 0 Å². The largest absolute Gasteiger partial charge is 0.490 e. The molecule has 0 heterocycles. The van der Waals surface area contributed by atoms with Crippen LogP contribution in [-0.2, 0) is 20.9 Å². The van der Waals surface area contributed by atoms with Crippen LogP contribution in [0.4, 0.5) is 5.69 Å². The van der Waals surface area contributed by atoms with Crippen LogP contribution in [0.25, 0.3) is 0 Å². The molecule has 3 amide bonds. The number of nitrogens with one attached hydrogen (secondary N) is 3. The summed E-state index contributed by atoms with van der Waals surface area (Å²) in [5, 5.41) is 9.26. The van der Waals surface area contributed by atoms with Gasteiger partial charge in [0.05, 0.1) is 17.3 Å². The standard InChI is InChI=1S/C30H32Br2N4O5/c1-5-40-26-14-21(13-25(32)28(26)41-17-27(37)35-23-10-11-24(31)19(4)12-23)16-34-36-30(39)29(38)33-15-20-6-8-22(9-7-20)18(2)3/h6-14,16,18H,5,15,17H2,1-4H3,(H,33,38)(H,35,37)(H,36,39)/b34-16-. The highest BCUT2D eigenvalue weighted by Crippen LogP contribution is 2.36. The van der Waals surface area contributed by atoms with Gasteiger partial charge >= 0.3 is 11.8 Å². The summed E-state index contributed by atoms with van der Waals surface area (Å²) in [4.78, 5) is 36.8. The molecule has 0 saturated carbocycles. The molecular formula is C30H32Br2N4O5. The number of anilines is 1. The Morgan fingerprint density at radius 2 is 1.68 bits per heavy atom. The summed E-state index contributed by atoms with van der Waals surface area (Å²) in [7, 11) is 0. The Morgan fingerprint density at radius 3 is 2.34 bits per heavy atom. The predicted octanol–water partition coefficient (Wildman–Crippen LogP) is 5.83. The number of amides is 3. The van der Waals surface area contributed by atoms with Crippen LogP contribution < -0.4 is 25.5 Å². The second kappa shape index (κ2) is 15.3. The van der Waals surface area contributed by atoms with Crippen LogP contribution in [0.2, 0.25) is 0 Å². The number of benzene rings is 3. The van der Waals surface area contributed by atoms with E-state index < -0.39 is 11.8 Å². The van der Waals surface area contributed by atoms with Crippen LogP contribution >= 0.6 is 31.9 Å². The van der Waals surface area contributed by atoms with E-state index in [1.54, 1.807) is 18.2 Å². The fraction of sp³-hybridized carbons (Fsp3) is 0.267. The molecule has 0 spiro atoms. The van der Waals surface area contributed by atoms with Crippen LogP contribution in [-0.4, -0.2) is 37.1 Å². The molecular weight excluding hydrogens is 656 g/mol. The van der Waals surface area contributed by atoms with Crippen LogP contribution in [0.1, 0.15) is 48.9 Å². The predicted molar refractivity (Wildman–Crippen MR) is 166 cm³/mol. The quantitative estimate of drug-likeness (QED) is 0.133. The second-order valence-electron chi connectivity index (χ2n) is 9.34. The second-order valence-corrected chi connectivity index (χ2v) is 11.1. The topological polar surface area (TPSA) is 118 Å². The molecule has 0 atom stereocenters. The van der Waals surface area contributed by atoms with Crippen molar-refractivity contribution in [2.24, 2.45) is 5.10 Å². The zero-order valence-corrected chi connectivity index (χ0v) is 26.4. The van der Waals surface area contributed by atoms with E-state index in [1.165, 1.54) is 11.8 Å². The van der Waals surface area contributed by atoms with E-state index in [4.69, 9.17) is 9.47 Å². The summed E-state index contributed by atoms with van der Waals surface area (Å²) in [5.74, 6) is -0.891. The van der Waals surface area contributed by atoms with Crippen molar-refractivity contribution < 1.29 is 23.9 Å². The number of aryl methyl sites for hydroxylation is 1. The molecule has 0 aliphatic heterocycles. The molecule has 0 aromatic heterocycles. The van der Waals surface area contributed by atoms with Gasteiger partial charge in [-0.05, 0) is 88.3 Å². The minimum Gasteiger partial charge on any atom is -0.490 e. The molecule has 9 nitrogen and oxygen atoms in total. The van der Waals surface area contributed by atoms with Gasteiger partial charge in [0.15, 0.2) is 18.1 Å². The Balaban J connectivity index is 1.56. The average molecular weight is 688 g/mol. The van der Waals surface area contributed by atoms with Gasteiger partial charge in [0, 0.05) is 16.7 Å². The maximum atomic E-state index is 12.5. The maximum Gasteiger partial charge on any atom is 0.329 e. The van der Waals surface area contributed by atoms with Gasteiger partial charge in [0.1, 0.15) is 0 Å². The van der Waals surface area contributed by atoms with Crippen LogP contribution in [0.15, 0.2) is 68.6 Å². The van der Waals surface area contributed by atoms with Gasteiger partial charge in [-0.2, -0.15) is 5.10 Å². The summed E-state index contributed by atoms with van der Waals surface area (Å²) in [5.41, 5.74) is 6.52. The first-order chi connectivity index (χ1) is 19.6. The lowest BCUT2D eigenvalue weighted by Gasteiger charge is -2.15.